The van der Waals surface area contributed by atoms with Crippen molar-refractivity contribution in [2.24, 2.45) is 5.92 Å². The van der Waals surface area contributed by atoms with Gasteiger partial charge in [0, 0.05) is 5.56 Å². The normalized spacial score (nSPS) is 25.7. The van der Waals surface area contributed by atoms with Crippen LogP contribution in [-0.4, -0.2) is 19.3 Å². The summed E-state index contributed by atoms with van der Waals surface area (Å²) in [5.41, 5.74) is 0.0808. The molecule has 0 aliphatic heterocycles. The molecule has 1 aliphatic carbocycles. The molecule has 118 valence electrons. The van der Waals surface area contributed by atoms with E-state index in [1.54, 1.807) is 14.2 Å². The van der Waals surface area contributed by atoms with Crippen molar-refractivity contribution in [1.29, 1.82) is 0 Å². The fourth-order valence-electron chi connectivity index (χ4n) is 3.38. The average molecular weight is 357 g/mol. The monoisotopic (exact) mass is 356 g/mol. The van der Waals surface area contributed by atoms with Crippen LogP contribution >= 0.6 is 15.9 Å². The van der Waals surface area contributed by atoms with Crippen molar-refractivity contribution in [2.75, 3.05) is 14.2 Å². The predicted molar refractivity (Wildman–Crippen MR) is 88.0 cm³/mol. The molecule has 0 bridgehead atoms. The Labute approximate surface area is 135 Å². The molecule has 0 amide bonds. The smallest absolute Gasteiger partial charge is 0.142 e. The molecule has 3 nitrogen and oxygen atoms in total. The highest BCUT2D eigenvalue weighted by Crippen LogP contribution is 2.47. The molecule has 0 atom stereocenters. The maximum atomic E-state index is 11.1. The van der Waals surface area contributed by atoms with Crippen LogP contribution in [0.15, 0.2) is 16.6 Å². The van der Waals surface area contributed by atoms with Crippen LogP contribution in [0.2, 0.25) is 0 Å². The molecule has 1 N–H and O–H groups in total. The molecule has 0 spiro atoms. The summed E-state index contributed by atoms with van der Waals surface area (Å²) in [5, 5.41) is 11.1. The summed E-state index contributed by atoms with van der Waals surface area (Å²) in [4.78, 5) is 0. The number of aliphatic hydroxyl groups is 1. The minimum absolute atomic E-state index is 0.686. The van der Waals surface area contributed by atoms with E-state index in [2.05, 4.69) is 22.9 Å². The lowest BCUT2D eigenvalue weighted by atomic mass is 9.74. The SMILES string of the molecule is CCCC1CCC(O)(c2ccc(OC)c(Br)c2OC)CC1. The molecule has 0 unspecified atom stereocenters. The number of methoxy groups -OCH3 is 2. The van der Waals surface area contributed by atoms with Gasteiger partial charge in [0.05, 0.1) is 19.8 Å². The van der Waals surface area contributed by atoms with Crippen LogP contribution in [0.4, 0.5) is 0 Å². The Hall–Kier alpha value is -0.740. The molecule has 0 radical (unpaired) electrons. The van der Waals surface area contributed by atoms with Gasteiger partial charge in [0.2, 0.25) is 0 Å². The topological polar surface area (TPSA) is 38.7 Å². The number of ether oxygens (including phenoxy) is 2. The number of hydrogen-bond acceptors (Lipinski definition) is 3. The van der Waals surface area contributed by atoms with E-state index in [0.717, 1.165) is 47.4 Å². The Bertz CT molecular complexity index is 479. The molecule has 1 fully saturated rings. The summed E-state index contributed by atoms with van der Waals surface area (Å²) in [6, 6.07) is 3.82. The fourth-order valence-corrected chi connectivity index (χ4v) is 4.05. The van der Waals surface area contributed by atoms with E-state index in [4.69, 9.17) is 9.47 Å². The maximum Gasteiger partial charge on any atom is 0.142 e. The van der Waals surface area contributed by atoms with Gasteiger partial charge in [0.1, 0.15) is 16.0 Å². The Morgan fingerprint density at radius 2 is 1.90 bits per heavy atom. The minimum atomic E-state index is -0.787. The van der Waals surface area contributed by atoms with Crippen molar-refractivity contribution in [2.45, 2.75) is 51.0 Å². The molecule has 21 heavy (non-hydrogen) atoms. The Morgan fingerprint density at radius 3 is 2.43 bits per heavy atom. The van der Waals surface area contributed by atoms with Crippen molar-refractivity contribution in [3.63, 3.8) is 0 Å². The summed E-state index contributed by atoms with van der Waals surface area (Å²) in [7, 11) is 3.26. The first kappa shape index (κ1) is 16.6. The van der Waals surface area contributed by atoms with E-state index in [1.165, 1.54) is 12.8 Å². The Morgan fingerprint density at radius 1 is 1.24 bits per heavy atom. The lowest BCUT2D eigenvalue weighted by molar-refractivity contribution is -0.0170. The second kappa shape index (κ2) is 7.01. The zero-order chi connectivity index (χ0) is 15.5. The Kier molecular flexibility index (Phi) is 5.55. The maximum absolute atomic E-state index is 11.1. The first-order chi connectivity index (χ1) is 10.1. The Balaban J connectivity index is 2.27. The third-order valence-electron chi connectivity index (χ3n) is 4.62. The van der Waals surface area contributed by atoms with Crippen molar-refractivity contribution in [3.8, 4) is 11.5 Å². The van der Waals surface area contributed by atoms with Gasteiger partial charge in [-0.3, -0.25) is 0 Å². The largest absolute Gasteiger partial charge is 0.495 e. The summed E-state index contributed by atoms with van der Waals surface area (Å²) in [5.74, 6) is 2.16. The van der Waals surface area contributed by atoms with Gasteiger partial charge in [-0.1, -0.05) is 19.8 Å². The summed E-state index contributed by atoms with van der Waals surface area (Å²) >= 11 is 3.52. The second-order valence-corrected chi connectivity index (χ2v) is 6.72. The summed E-state index contributed by atoms with van der Waals surface area (Å²) in [6.07, 6.45) is 6.24. The standard InChI is InChI=1S/C17H25BrO3/c1-4-5-12-8-10-17(19,11-9-12)13-6-7-14(20-2)15(18)16(13)21-3/h6-7,12,19H,4-5,8-11H2,1-3H3. The van der Waals surface area contributed by atoms with Crippen molar-refractivity contribution in [3.05, 3.63) is 22.2 Å². The highest BCUT2D eigenvalue weighted by Gasteiger charge is 2.37. The molecule has 2 rings (SSSR count). The van der Waals surface area contributed by atoms with Crippen molar-refractivity contribution >= 4 is 15.9 Å². The minimum Gasteiger partial charge on any atom is -0.495 e. The van der Waals surface area contributed by atoms with E-state index in [0.29, 0.717) is 5.75 Å². The molecule has 1 aliphatic rings. The third kappa shape index (κ3) is 3.37. The van der Waals surface area contributed by atoms with Crippen LogP contribution in [0, 0.1) is 5.92 Å². The van der Waals surface area contributed by atoms with Crippen LogP contribution in [0.5, 0.6) is 11.5 Å². The lowest BCUT2D eigenvalue weighted by Crippen LogP contribution is -2.32. The quantitative estimate of drug-likeness (QED) is 0.834. The summed E-state index contributed by atoms with van der Waals surface area (Å²) < 4.78 is 11.6. The van der Waals surface area contributed by atoms with Crippen LogP contribution in [0.3, 0.4) is 0 Å². The molecular weight excluding hydrogens is 332 g/mol. The van der Waals surface area contributed by atoms with E-state index < -0.39 is 5.60 Å². The molecule has 1 aromatic carbocycles. The third-order valence-corrected chi connectivity index (χ3v) is 5.37. The molecule has 4 heteroatoms. The van der Waals surface area contributed by atoms with Gasteiger partial charge in [-0.05, 0) is 59.7 Å². The molecule has 1 aromatic rings. The van der Waals surface area contributed by atoms with Crippen LogP contribution in [0.1, 0.15) is 51.0 Å². The predicted octanol–water partition coefficient (Wildman–Crippen LogP) is 4.64. The van der Waals surface area contributed by atoms with Gasteiger partial charge in [0.25, 0.3) is 0 Å². The first-order valence-corrected chi connectivity index (χ1v) is 8.48. The molecule has 1 saturated carbocycles. The van der Waals surface area contributed by atoms with Gasteiger partial charge in [-0.15, -0.1) is 0 Å². The summed E-state index contributed by atoms with van der Waals surface area (Å²) in [6.45, 7) is 2.23. The van der Waals surface area contributed by atoms with Crippen LogP contribution in [0.25, 0.3) is 0 Å². The molecule has 0 aromatic heterocycles. The van der Waals surface area contributed by atoms with E-state index in [9.17, 15) is 5.11 Å². The number of halogens is 1. The van der Waals surface area contributed by atoms with E-state index in [-0.39, 0.29) is 0 Å². The molecular formula is C17H25BrO3. The number of rotatable bonds is 5. The second-order valence-electron chi connectivity index (χ2n) is 5.93. The van der Waals surface area contributed by atoms with E-state index in [1.807, 2.05) is 12.1 Å². The van der Waals surface area contributed by atoms with Crippen molar-refractivity contribution < 1.29 is 14.6 Å². The first-order valence-electron chi connectivity index (χ1n) is 7.69. The number of hydrogen-bond donors (Lipinski definition) is 1. The average Bonchev–Trinajstić information content (AvgIpc) is 2.49. The highest BCUT2D eigenvalue weighted by molar-refractivity contribution is 9.10. The van der Waals surface area contributed by atoms with Crippen LogP contribution < -0.4 is 9.47 Å². The number of benzene rings is 1. The molecule has 0 heterocycles. The van der Waals surface area contributed by atoms with E-state index >= 15 is 0 Å². The lowest BCUT2D eigenvalue weighted by Gasteiger charge is -2.37. The van der Waals surface area contributed by atoms with Gasteiger partial charge >= 0.3 is 0 Å². The fraction of sp³-hybridized carbons (Fsp3) is 0.647. The van der Waals surface area contributed by atoms with Gasteiger partial charge in [0.15, 0.2) is 0 Å². The van der Waals surface area contributed by atoms with Gasteiger partial charge < -0.3 is 14.6 Å². The van der Waals surface area contributed by atoms with Gasteiger partial charge in [-0.25, -0.2) is 0 Å². The van der Waals surface area contributed by atoms with Crippen LogP contribution in [-0.2, 0) is 5.60 Å². The van der Waals surface area contributed by atoms with Gasteiger partial charge in [-0.2, -0.15) is 0 Å². The zero-order valence-corrected chi connectivity index (χ0v) is 14.7. The zero-order valence-electron chi connectivity index (χ0n) is 13.1. The van der Waals surface area contributed by atoms with Crippen molar-refractivity contribution in [1.82, 2.24) is 0 Å². The highest BCUT2D eigenvalue weighted by atomic mass is 79.9. The molecule has 0 saturated heterocycles.